The van der Waals surface area contributed by atoms with E-state index in [1.165, 1.54) is 29.8 Å². The van der Waals surface area contributed by atoms with Crippen molar-refractivity contribution in [1.82, 2.24) is 5.32 Å². The molecule has 0 amide bonds. The first-order chi connectivity index (χ1) is 8.52. The van der Waals surface area contributed by atoms with Crippen molar-refractivity contribution in [3.63, 3.8) is 0 Å². The van der Waals surface area contributed by atoms with Crippen LogP contribution < -0.4 is 5.32 Å². The van der Waals surface area contributed by atoms with E-state index in [4.69, 9.17) is 0 Å². The summed E-state index contributed by atoms with van der Waals surface area (Å²) in [7, 11) is 2.01. The van der Waals surface area contributed by atoms with E-state index in [-0.39, 0.29) is 6.04 Å². The third-order valence-electron chi connectivity index (χ3n) is 3.03. The molecule has 0 fully saturated rings. The van der Waals surface area contributed by atoms with Gasteiger partial charge in [-0.3, -0.25) is 0 Å². The predicted octanol–water partition coefficient (Wildman–Crippen LogP) is 5.20. The highest BCUT2D eigenvalue weighted by atomic mass is 79.9. The standard InChI is InChI=1S/C14H15Br2NS/c1-8-7-11(15)9(2)6-10(8)14(17-3)12-4-5-13(16)18-12/h4-7,14,17H,1-3H3. The first-order valence-corrected chi connectivity index (χ1v) is 8.12. The molecule has 0 aliphatic rings. The molecule has 1 N–H and O–H groups in total. The number of rotatable bonds is 3. The molecule has 0 bridgehead atoms. The minimum Gasteiger partial charge on any atom is -0.309 e. The Labute approximate surface area is 129 Å². The van der Waals surface area contributed by atoms with Gasteiger partial charge in [-0.2, -0.15) is 0 Å². The highest BCUT2D eigenvalue weighted by Gasteiger charge is 2.17. The van der Waals surface area contributed by atoms with Gasteiger partial charge in [0.1, 0.15) is 0 Å². The fourth-order valence-electron chi connectivity index (χ4n) is 2.05. The Hall–Kier alpha value is -0.160. The molecule has 18 heavy (non-hydrogen) atoms. The third kappa shape index (κ3) is 2.87. The van der Waals surface area contributed by atoms with Crippen LogP contribution in [0.2, 0.25) is 0 Å². The van der Waals surface area contributed by atoms with E-state index >= 15 is 0 Å². The Morgan fingerprint density at radius 2 is 1.83 bits per heavy atom. The number of halogens is 2. The quantitative estimate of drug-likeness (QED) is 0.761. The molecule has 1 heterocycles. The zero-order chi connectivity index (χ0) is 13.3. The third-order valence-corrected chi connectivity index (χ3v) is 5.57. The van der Waals surface area contributed by atoms with E-state index in [0.29, 0.717) is 0 Å². The van der Waals surface area contributed by atoms with Gasteiger partial charge >= 0.3 is 0 Å². The lowest BCUT2D eigenvalue weighted by Gasteiger charge is -2.19. The zero-order valence-corrected chi connectivity index (χ0v) is 14.5. The monoisotopic (exact) mass is 387 g/mol. The van der Waals surface area contributed by atoms with Gasteiger partial charge in [-0.15, -0.1) is 11.3 Å². The number of nitrogens with one attached hydrogen (secondary N) is 1. The first kappa shape index (κ1) is 14.3. The van der Waals surface area contributed by atoms with Gasteiger partial charge in [0.2, 0.25) is 0 Å². The first-order valence-electron chi connectivity index (χ1n) is 5.72. The average molecular weight is 389 g/mol. The van der Waals surface area contributed by atoms with E-state index in [2.05, 4.69) is 75.3 Å². The van der Waals surface area contributed by atoms with Crippen LogP contribution in [0, 0.1) is 13.8 Å². The molecule has 1 aromatic heterocycles. The molecule has 0 saturated carbocycles. The minimum atomic E-state index is 0.257. The van der Waals surface area contributed by atoms with E-state index in [9.17, 15) is 0 Å². The van der Waals surface area contributed by atoms with Crippen LogP contribution in [0.15, 0.2) is 32.5 Å². The minimum absolute atomic E-state index is 0.257. The van der Waals surface area contributed by atoms with Crippen molar-refractivity contribution in [3.05, 3.63) is 54.1 Å². The fourth-order valence-corrected chi connectivity index (χ4v) is 4.06. The van der Waals surface area contributed by atoms with Gasteiger partial charge in [0.15, 0.2) is 0 Å². The average Bonchev–Trinajstić information content (AvgIpc) is 2.73. The molecule has 0 aliphatic heterocycles. The molecule has 0 saturated heterocycles. The zero-order valence-electron chi connectivity index (χ0n) is 10.6. The summed E-state index contributed by atoms with van der Waals surface area (Å²) < 4.78 is 2.34. The summed E-state index contributed by atoms with van der Waals surface area (Å²) in [5.41, 5.74) is 3.91. The Balaban J connectivity index is 2.48. The highest BCUT2D eigenvalue weighted by Crippen LogP contribution is 2.34. The number of aryl methyl sites for hydroxylation is 2. The maximum atomic E-state index is 3.59. The molecule has 0 spiro atoms. The molecule has 2 rings (SSSR count). The van der Waals surface area contributed by atoms with Crippen molar-refractivity contribution in [1.29, 1.82) is 0 Å². The lowest BCUT2D eigenvalue weighted by Crippen LogP contribution is -2.17. The largest absolute Gasteiger partial charge is 0.309 e. The fraction of sp³-hybridized carbons (Fsp3) is 0.286. The normalized spacial score (nSPS) is 12.7. The summed E-state index contributed by atoms with van der Waals surface area (Å²) in [6.07, 6.45) is 0. The topological polar surface area (TPSA) is 12.0 Å². The summed E-state index contributed by atoms with van der Waals surface area (Å²) >= 11 is 8.89. The van der Waals surface area contributed by atoms with Gasteiger partial charge in [-0.1, -0.05) is 22.0 Å². The van der Waals surface area contributed by atoms with Gasteiger partial charge in [0, 0.05) is 9.35 Å². The Bertz CT molecular complexity index is 563. The highest BCUT2D eigenvalue weighted by molar-refractivity contribution is 9.11. The summed E-state index contributed by atoms with van der Waals surface area (Å²) in [5.74, 6) is 0. The molecule has 1 nitrogen and oxygen atoms in total. The summed E-state index contributed by atoms with van der Waals surface area (Å²) in [5, 5.41) is 3.41. The SMILES string of the molecule is CNC(c1ccc(Br)s1)c1cc(C)c(Br)cc1C. The Morgan fingerprint density at radius 1 is 1.11 bits per heavy atom. The number of hydrogen-bond donors (Lipinski definition) is 1. The molecule has 0 radical (unpaired) electrons. The second-order valence-electron chi connectivity index (χ2n) is 4.32. The van der Waals surface area contributed by atoms with E-state index in [0.717, 1.165) is 0 Å². The molecule has 96 valence electrons. The van der Waals surface area contributed by atoms with Gasteiger partial charge in [0.25, 0.3) is 0 Å². The summed E-state index contributed by atoms with van der Waals surface area (Å²) in [6, 6.07) is 8.98. The van der Waals surface area contributed by atoms with Crippen molar-refractivity contribution in [2.24, 2.45) is 0 Å². The van der Waals surface area contributed by atoms with Crippen LogP contribution in [0.5, 0.6) is 0 Å². The molecule has 4 heteroatoms. The molecular formula is C14H15Br2NS. The smallest absolute Gasteiger partial charge is 0.0702 e. The lowest BCUT2D eigenvalue weighted by atomic mass is 9.98. The lowest BCUT2D eigenvalue weighted by molar-refractivity contribution is 0.698. The molecular weight excluding hydrogens is 374 g/mol. The maximum Gasteiger partial charge on any atom is 0.0702 e. The second-order valence-corrected chi connectivity index (χ2v) is 7.67. The molecule has 1 aromatic carbocycles. The van der Waals surface area contributed by atoms with Crippen molar-refractivity contribution >= 4 is 43.2 Å². The van der Waals surface area contributed by atoms with Crippen LogP contribution in [0.25, 0.3) is 0 Å². The van der Waals surface area contributed by atoms with Crippen molar-refractivity contribution in [2.75, 3.05) is 7.05 Å². The predicted molar refractivity (Wildman–Crippen MR) is 86.5 cm³/mol. The van der Waals surface area contributed by atoms with Crippen LogP contribution in [0.3, 0.4) is 0 Å². The molecule has 0 aliphatic carbocycles. The molecule has 1 unspecified atom stereocenters. The van der Waals surface area contributed by atoms with Gasteiger partial charge < -0.3 is 5.32 Å². The van der Waals surface area contributed by atoms with Crippen molar-refractivity contribution in [2.45, 2.75) is 19.9 Å². The van der Waals surface area contributed by atoms with Crippen LogP contribution in [-0.4, -0.2) is 7.05 Å². The van der Waals surface area contributed by atoms with Crippen molar-refractivity contribution < 1.29 is 0 Å². The molecule has 1 atom stereocenters. The summed E-state index contributed by atoms with van der Waals surface area (Å²) in [4.78, 5) is 1.33. The van der Waals surface area contributed by atoms with Crippen molar-refractivity contribution in [3.8, 4) is 0 Å². The van der Waals surface area contributed by atoms with Gasteiger partial charge in [-0.05, 0) is 71.7 Å². The summed E-state index contributed by atoms with van der Waals surface area (Å²) in [6.45, 7) is 4.29. The van der Waals surface area contributed by atoms with Gasteiger partial charge in [0.05, 0.1) is 9.83 Å². The second kappa shape index (κ2) is 5.87. The van der Waals surface area contributed by atoms with Crippen LogP contribution in [-0.2, 0) is 0 Å². The number of benzene rings is 1. The Kier molecular flexibility index (Phi) is 4.64. The number of hydrogen-bond acceptors (Lipinski definition) is 2. The maximum absolute atomic E-state index is 3.59. The van der Waals surface area contributed by atoms with Crippen LogP contribution >= 0.6 is 43.2 Å². The van der Waals surface area contributed by atoms with E-state index < -0.39 is 0 Å². The van der Waals surface area contributed by atoms with E-state index in [1.54, 1.807) is 11.3 Å². The number of thiophene rings is 1. The van der Waals surface area contributed by atoms with E-state index in [1.807, 2.05) is 7.05 Å². The van der Waals surface area contributed by atoms with Crippen LogP contribution in [0.4, 0.5) is 0 Å². The molecule has 2 aromatic rings. The Morgan fingerprint density at radius 3 is 2.39 bits per heavy atom. The van der Waals surface area contributed by atoms with Crippen LogP contribution in [0.1, 0.15) is 27.6 Å². The van der Waals surface area contributed by atoms with Gasteiger partial charge in [-0.25, -0.2) is 0 Å².